The molecule has 0 N–H and O–H groups in total. The number of carbonyl (C=O) groups excluding carboxylic acids is 1. The molecule has 160 valence electrons. The van der Waals surface area contributed by atoms with Gasteiger partial charge in [-0.25, -0.2) is 13.2 Å². The van der Waals surface area contributed by atoms with E-state index >= 15 is 0 Å². The van der Waals surface area contributed by atoms with E-state index in [1.807, 2.05) is 24.3 Å². The van der Waals surface area contributed by atoms with Crippen molar-refractivity contribution in [1.82, 2.24) is 4.90 Å². The summed E-state index contributed by atoms with van der Waals surface area (Å²) in [6, 6.07) is 13.7. The maximum Gasteiger partial charge on any atom is 0.338 e. The highest BCUT2D eigenvalue weighted by Crippen LogP contribution is 2.31. The Hall–Kier alpha value is -2.38. The highest BCUT2D eigenvalue weighted by Gasteiger charge is 2.29. The van der Waals surface area contributed by atoms with Gasteiger partial charge in [0.1, 0.15) is 6.10 Å². The predicted octanol–water partition coefficient (Wildman–Crippen LogP) is 3.47. The molecule has 0 bridgehead atoms. The highest BCUT2D eigenvalue weighted by molar-refractivity contribution is 7.92. The Morgan fingerprint density at radius 3 is 2.60 bits per heavy atom. The number of hydrogen-bond donors (Lipinski definition) is 0. The van der Waals surface area contributed by atoms with Gasteiger partial charge in [-0.1, -0.05) is 25.1 Å². The standard InChI is InChI=1S/C23H28N2O4S/c1-2-24-15-6-9-20(17-24)29-23(26)19-11-13-21(14-12-19)30(27,28)25-16-5-8-18-7-3-4-10-22(18)25/h3-4,7,10-14,20H,2,5-6,8-9,15-17H2,1H3/t20-/m1/s1. The fourth-order valence-corrected chi connectivity index (χ4v) is 5.80. The number of aryl methyl sites for hydroxylation is 1. The van der Waals surface area contributed by atoms with Crippen LogP contribution in [0.1, 0.15) is 42.1 Å². The normalized spacial score (nSPS) is 19.9. The molecule has 0 unspecified atom stereocenters. The Labute approximate surface area is 178 Å². The molecule has 0 saturated carbocycles. The second kappa shape index (κ2) is 8.78. The van der Waals surface area contributed by atoms with Crippen molar-refractivity contribution in [3.63, 3.8) is 0 Å². The van der Waals surface area contributed by atoms with Crippen molar-refractivity contribution in [2.75, 3.05) is 30.5 Å². The van der Waals surface area contributed by atoms with Crippen molar-refractivity contribution in [1.29, 1.82) is 0 Å². The fourth-order valence-electron chi connectivity index (χ4n) is 4.25. The van der Waals surface area contributed by atoms with Gasteiger partial charge in [-0.2, -0.15) is 0 Å². The van der Waals surface area contributed by atoms with Gasteiger partial charge in [-0.3, -0.25) is 9.21 Å². The third kappa shape index (κ3) is 4.23. The molecule has 2 aliphatic rings. The van der Waals surface area contributed by atoms with Crippen LogP contribution in [-0.4, -0.2) is 51.6 Å². The average Bonchev–Trinajstić information content (AvgIpc) is 2.79. The molecule has 0 amide bonds. The van der Waals surface area contributed by atoms with Crippen molar-refractivity contribution in [2.24, 2.45) is 0 Å². The number of rotatable bonds is 5. The maximum atomic E-state index is 13.2. The molecule has 2 aromatic carbocycles. The molecule has 1 atom stereocenters. The summed E-state index contributed by atoms with van der Waals surface area (Å²) in [5, 5.41) is 0. The number of anilines is 1. The van der Waals surface area contributed by atoms with Gasteiger partial charge in [0.05, 0.1) is 16.1 Å². The molecule has 2 aliphatic heterocycles. The minimum absolute atomic E-state index is 0.112. The van der Waals surface area contributed by atoms with Crippen LogP contribution in [0.3, 0.4) is 0 Å². The van der Waals surface area contributed by atoms with Crippen LogP contribution in [0.4, 0.5) is 5.69 Å². The lowest BCUT2D eigenvalue weighted by atomic mass is 10.0. The minimum atomic E-state index is -3.68. The molecule has 0 spiro atoms. The van der Waals surface area contributed by atoms with Crippen LogP contribution in [-0.2, 0) is 21.2 Å². The van der Waals surface area contributed by atoms with E-state index in [2.05, 4.69) is 11.8 Å². The predicted molar refractivity (Wildman–Crippen MR) is 116 cm³/mol. The summed E-state index contributed by atoms with van der Waals surface area (Å²) in [6.45, 7) is 5.29. The Kier molecular flexibility index (Phi) is 6.11. The average molecular weight is 429 g/mol. The Balaban J connectivity index is 1.49. The summed E-state index contributed by atoms with van der Waals surface area (Å²) in [4.78, 5) is 15.0. The van der Waals surface area contributed by atoms with E-state index in [1.165, 1.54) is 16.4 Å². The third-order valence-corrected chi connectivity index (χ3v) is 7.76. The number of piperidine rings is 1. The van der Waals surface area contributed by atoms with Gasteiger partial charge < -0.3 is 4.74 Å². The second-order valence-corrected chi connectivity index (χ2v) is 9.76. The zero-order valence-electron chi connectivity index (χ0n) is 17.3. The van der Waals surface area contributed by atoms with Gasteiger partial charge in [-0.05, 0) is 74.7 Å². The zero-order chi connectivity index (χ0) is 21.1. The molecular formula is C23H28N2O4S. The molecule has 1 saturated heterocycles. The highest BCUT2D eigenvalue weighted by atomic mass is 32.2. The van der Waals surface area contributed by atoms with Crippen molar-refractivity contribution in [3.8, 4) is 0 Å². The van der Waals surface area contributed by atoms with E-state index in [4.69, 9.17) is 4.74 Å². The van der Waals surface area contributed by atoms with Gasteiger partial charge in [0.25, 0.3) is 10.0 Å². The first-order valence-electron chi connectivity index (χ1n) is 10.6. The molecule has 2 aromatic rings. The van der Waals surface area contributed by atoms with Crippen molar-refractivity contribution in [3.05, 3.63) is 59.7 Å². The maximum absolute atomic E-state index is 13.2. The summed E-state index contributed by atoms with van der Waals surface area (Å²) >= 11 is 0. The number of carbonyl (C=O) groups is 1. The van der Waals surface area contributed by atoms with Gasteiger partial charge in [-0.15, -0.1) is 0 Å². The molecule has 30 heavy (non-hydrogen) atoms. The fraction of sp³-hybridized carbons (Fsp3) is 0.435. The van der Waals surface area contributed by atoms with Crippen molar-refractivity contribution < 1.29 is 17.9 Å². The lowest BCUT2D eigenvalue weighted by Gasteiger charge is -2.31. The number of fused-ring (bicyclic) bond motifs is 1. The first-order valence-corrected chi connectivity index (χ1v) is 12.1. The second-order valence-electron chi connectivity index (χ2n) is 7.90. The van der Waals surface area contributed by atoms with E-state index in [9.17, 15) is 13.2 Å². The van der Waals surface area contributed by atoms with E-state index in [-0.39, 0.29) is 11.0 Å². The summed E-state index contributed by atoms with van der Waals surface area (Å²) < 4.78 is 33.6. The lowest BCUT2D eigenvalue weighted by Crippen LogP contribution is -2.40. The molecule has 4 rings (SSSR count). The SMILES string of the molecule is CCN1CCC[C@@H](OC(=O)c2ccc(S(=O)(=O)N3CCCc4ccccc43)cc2)C1. The van der Waals surface area contributed by atoms with Crippen LogP contribution >= 0.6 is 0 Å². The molecule has 0 aromatic heterocycles. The number of likely N-dealkylation sites (N-methyl/N-ethyl adjacent to an activating group) is 1. The van der Waals surface area contributed by atoms with E-state index in [1.54, 1.807) is 12.1 Å². The Bertz CT molecular complexity index is 1000. The first kappa shape index (κ1) is 20.9. The zero-order valence-corrected chi connectivity index (χ0v) is 18.1. The van der Waals surface area contributed by atoms with Gasteiger partial charge >= 0.3 is 5.97 Å². The van der Waals surface area contributed by atoms with Crippen LogP contribution in [0.15, 0.2) is 53.4 Å². The number of para-hydroxylation sites is 1. The molecular weight excluding hydrogens is 400 g/mol. The quantitative estimate of drug-likeness (QED) is 0.682. The number of ether oxygens (including phenoxy) is 1. The molecule has 6 nitrogen and oxygen atoms in total. The molecule has 2 heterocycles. The molecule has 0 radical (unpaired) electrons. The van der Waals surface area contributed by atoms with Crippen molar-refractivity contribution in [2.45, 2.75) is 43.6 Å². The van der Waals surface area contributed by atoms with Gasteiger partial charge in [0, 0.05) is 13.1 Å². The number of nitrogens with zero attached hydrogens (tertiary/aromatic N) is 2. The monoisotopic (exact) mass is 428 g/mol. The van der Waals surface area contributed by atoms with Crippen LogP contribution < -0.4 is 4.31 Å². The summed E-state index contributed by atoms with van der Waals surface area (Å²) in [5.74, 6) is -0.398. The Morgan fingerprint density at radius 2 is 1.83 bits per heavy atom. The minimum Gasteiger partial charge on any atom is -0.457 e. The molecule has 0 aliphatic carbocycles. The van der Waals surface area contributed by atoms with Gasteiger partial charge in [0.2, 0.25) is 0 Å². The number of esters is 1. The largest absolute Gasteiger partial charge is 0.457 e. The summed E-state index contributed by atoms with van der Waals surface area (Å²) in [6.07, 6.45) is 3.43. The Morgan fingerprint density at radius 1 is 1.07 bits per heavy atom. The molecule has 1 fully saturated rings. The van der Waals surface area contributed by atoms with Crippen LogP contribution in [0, 0.1) is 0 Å². The van der Waals surface area contributed by atoms with E-state index in [0.29, 0.717) is 12.1 Å². The van der Waals surface area contributed by atoms with Crippen molar-refractivity contribution >= 4 is 21.7 Å². The third-order valence-electron chi connectivity index (χ3n) is 5.93. The first-order chi connectivity index (χ1) is 14.5. The lowest BCUT2D eigenvalue weighted by molar-refractivity contribution is 0.00773. The number of benzene rings is 2. The van der Waals surface area contributed by atoms with Crippen LogP contribution in [0.2, 0.25) is 0 Å². The smallest absolute Gasteiger partial charge is 0.338 e. The topological polar surface area (TPSA) is 66.9 Å². The molecule has 7 heteroatoms. The number of likely N-dealkylation sites (tertiary alicyclic amines) is 1. The summed E-state index contributed by atoms with van der Waals surface area (Å²) in [7, 11) is -3.68. The number of sulfonamides is 1. The summed E-state index contributed by atoms with van der Waals surface area (Å²) in [5.41, 5.74) is 2.16. The van der Waals surface area contributed by atoms with Crippen LogP contribution in [0.25, 0.3) is 0 Å². The van der Waals surface area contributed by atoms with Crippen LogP contribution in [0.5, 0.6) is 0 Å². The van der Waals surface area contributed by atoms with Gasteiger partial charge in [0.15, 0.2) is 0 Å². The number of hydrogen-bond acceptors (Lipinski definition) is 5. The van der Waals surface area contributed by atoms with E-state index in [0.717, 1.165) is 56.6 Å². The van der Waals surface area contributed by atoms with E-state index < -0.39 is 16.0 Å².